The summed E-state index contributed by atoms with van der Waals surface area (Å²) in [6, 6.07) is 6.59. The Labute approximate surface area is 82.2 Å². The summed E-state index contributed by atoms with van der Waals surface area (Å²) >= 11 is 3.19. The quantitative estimate of drug-likeness (QED) is 0.706. The van der Waals surface area contributed by atoms with E-state index in [4.69, 9.17) is 0 Å². The zero-order valence-corrected chi connectivity index (χ0v) is 8.06. The number of benzene rings is 1. The number of halogens is 4. The molecule has 0 fully saturated rings. The molecule has 0 radical (unpaired) electrons. The van der Waals surface area contributed by atoms with Gasteiger partial charge in [-0.25, -0.2) is 0 Å². The van der Waals surface area contributed by atoms with Crippen LogP contribution in [0, 0.1) is 0 Å². The first-order valence-electron chi connectivity index (χ1n) is 3.49. The fourth-order valence-corrected chi connectivity index (χ4v) is 1.03. The highest BCUT2D eigenvalue weighted by atomic mass is 79.9. The molecule has 0 bridgehead atoms. The Balaban J connectivity index is 2.75. The van der Waals surface area contributed by atoms with Crippen molar-refractivity contribution in [2.24, 2.45) is 0 Å². The highest BCUT2D eigenvalue weighted by molar-refractivity contribution is 9.10. The average Bonchev–Trinajstić information content (AvgIpc) is 2.02. The van der Waals surface area contributed by atoms with Crippen LogP contribution in [0.1, 0.15) is 5.56 Å². The van der Waals surface area contributed by atoms with E-state index in [1.807, 2.05) is 0 Å². The lowest BCUT2D eigenvalue weighted by Gasteiger charge is -1.97. The second kappa shape index (κ2) is 3.96. The molecule has 0 atom stereocenters. The number of hydrogen-bond donors (Lipinski definition) is 0. The summed E-state index contributed by atoms with van der Waals surface area (Å²) in [5, 5.41) is 0. The highest BCUT2D eigenvalue weighted by Crippen LogP contribution is 2.18. The van der Waals surface area contributed by atoms with E-state index < -0.39 is 6.18 Å². The van der Waals surface area contributed by atoms with Crippen molar-refractivity contribution in [2.75, 3.05) is 0 Å². The predicted molar refractivity (Wildman–Crippen MR) is 49.2 cm³/mol. The van der Waals surface area contributed by atoms with E-state index in [9.17, 15) is 13.2 Å². The van der Waals surface area contributed by atoms with E-state index in [2.05, 4.69) is 15.9 Å². The molecule has 0 aliphatic rings. The molecule has 0 spiro atoms. The minimum atomic E-state index is -4.24. The summed E-state index contributed by atoms with van der Waals surface area (Å²) in [5.41, 5.74) is 0.528. The van der Waals surface area contributed by atoms with E-state index in [-0.39, 0.29) is 6.08 Å². The minimum Gasteiger partial charge on any atom is -0.167 e. The standard InChI is InChI=1S/C9H6BrF3/c10-8-3-1-7(2-4-8)5-6-9(11,12)13/h1-6H/b6-5+. The molecule has 0 aliphatic heterocycles. The van der Waals surface area contributed by atoms with Gasteiger partial charge in [-0.05, 0) is 17.7 Å². The van der Waals surface area contributed by atoms with Gasteiger partial charge in [-0.2, -0.15) is 13.2 Å². The Morgan fingerprint density at radius 3 is 2.08 bits per heavy atom. The van der Waals surface area contributed by atoms with Crippen LogP contribution in [0.4, 0.5) is 13.2 Å². The lowest BCUT2D eigenvalue weighted by molar-refractivity contribution is -0.0790. The van der Waals surface area contributed by atoms with Gasteiger partial charge in [-0.1, -0.05) is 34.1 Å². The van der Waals surface area contributed by atoms with Gasteiger partial charge >= 0.3 is 6.18 Å². The van der Waals surface area contributed by atoms with Crippen molar-refractivity contribution >= 4 is 22.0 Å². The molecule has 0 N–H and O–H groups in total. The zero-order valence-electron chi connectivity index (χ0n) is 6.48. The zero-order chi connectivity index (χ0) is 9.90. The highest BCUT2D eigenvalue weighted by Gasteiger charge is 2.21. The summed E-state index contributed by atoms with van der Waals surface area (Å²) < 4.78 is 36.0. The first-order valence-corrected chi connectivity index (χ1v) is 4.28. The van der Waals surface area contributed by atoms with Crippen LogP contribution in [0.15, 0.2) is 34.8 Å². The maximum absolute atomic E-state index is 11.7. The smallest absolute Gasteiger partial charge is 0.167 e. The van der Waals surface area contributed by atoms with Gasteiger partial charge in [0, 0.05) is 10.5 Å². The molecule has 0 unspecified atom stereocenters. The molecule has 0 saturated heterocycles. The predicted octanol–water partition coefficient (Wildman–Crippen LogP) is 4.02. The lowest BCUT2D eigenvalue weighted by Crippen LogP contribution is -1.99. The van der Waals surface area contributed by atoms with Crippen molar-refractivity contribution in [1.82, 2.24) is 0 Å². The molecule has 13 heavy (non-hydrogen) atoms. The number of hydrogen-bond acceptors (Lipinski definition) is 0. The number of alkyl halides is 3. The van der Waals surface area contributed by atoms with Gasteiger partial charge in [-0.15, -0.1) is 0 Å². The number of rotatable bonds is 1. The Bertz CT molecular complexity index is 298. The van der Waals surface area contributed by atoms with E-state index >= 15 is 0 Å². The Morgan fingerprint density at radius 1 is 1.08 bits per heavy atom. The summed E-state index contributed by atoms with van der Waals surface area (Å²) in [7, 11) is 0. The van der Waals surface area contributed by atoms with E-state index in [1.54, 1.807) is 24.3 Å². The molecule has 4 heteroatoms. The van der Waals surface area contributed by atoms with Crippen molar-refractivity contribution in [3.63, 3.8) is 0 Å². The third-order valence-corrected chi connectivity index (χ3v) is 1.86. The third-order valence-electron chi connectivity index (χ3n) is 1.33. The SMILES string of the molecule is FC(F)(F)/C=C/c1ccc(Br)cc1. The fraction of sp³-hybridized carbons (Fsp3) is 0.111. The largest absolute Gasteiger partial charge is 0.409 e. The fourth-order valence-electron chi connectivity index (χ4n) is 0.765. The molecule has 0 nitrogen and oxygen atoms in total. The van der Waals surface area contributed by atoms with Crippen LogP contribution < -0.4 is 0 Å². The summed E-state index contributed by atoms with van der Waals surface area (Å²) in [4.78, 5) is 0. The molecule has 1 aromatic carbocycles. The first-order chi connectivity index (χ1) is 5.97. The molecule has 70 valence electrons. The molecule has 0 aliphatic carbocycles. The van der Waals surface area contributed by atoms with Gasteiger partial charge in [0.1, 0.15) is 0 Å². The Morgan fingerprint density at radius 2 is 1.62 bits per heavy atom. The van der Waals surface area contributed by atoms with Crippen LogP contribution in [0.25, 0.3) is 6.08 Å². The topological polar surface area (TPSA) is 0 Å². The van der Waals surface area contributed by atoms with E-state index in [0.717, 1.165) is 10.5 Å². The van der Waals surface area contributed by atoms with Crippen LogP contribution >= 0.6 is 15.9 Å². The van der Waals surface area contributed by atoms with Gasteiger partial charge in [0.25, 0.3) is 0 Å². The molecule has 1 aromatic rings. The summed E-state index contributed by atoms with van der Waals surface area (Å²) in [5.74, 6) is 0. The van der Waals surface area contributed by atoms with Gasteiger partial charge in [0.2, 0.25) is 0 Å². The van der Waals surface area contributed by atoms with Crippen molar-refractivity contribution in [3.05, 3.63) is 40.4 Å². The number of allylic oxidation sites excluding steroid dienone is 1. The van der Waals surface area contributed by atoms with Crippen LogP contribution in [-0.2, 0) is 0 Å². The minimum absolute atomic E-state index is 0.218. The van der Waals surface area contributed by atoms with Crippen LogP contribution in [0.5, 0.6) is 0 Å². The molecule has 0 heterocycles. The molecule has 0 amide bonds. The Hall–Kier alpha value is -0.770. The molecule has 0 aromatic heterocycles. The average molecular weight is 251 g/mol. The lowest BCUT2D eigenvalue weighted by atomic mass is 10.2. The first kappa shape index (κ1) is 10.3. The third kappa shape index (κ3) is 4.12. The van der Waals surface area contributed by atoms with Crippen LogP contribution in [0.3, 0.4) is 0 Å². The summed E-state index contributed by atoms with van der Waals surface area (Å²) in [6.07, 6.45) is -2.99. The van der Waals surface area contributed by atoms with Gasteiger partial charge in [0.05, 0.1) is 0 Å². The maximum atomic E-state index is 11.7. The molecular weight excluding hydrogens is 245 g/mol. The van der Waals surface area contributed by atoms with Crippen molar-refractivity contribution in [3.8, 4) is 0 Å². The van der Waals surface area contributed by atoms with E-state index in [1.165, 1.54) is 0 Å². The normalized spacial score (nSPS) is 12.3. The van der Waals surface area contributed by atoms with Crippen LogP contribution in [-0.4, -0.2) is 6.18 Å². The van der Waals surface area contributed by atoms with Gasteiger partial charge in [-0.3, -0.25) is 0 Å². The van der Waals surface area contributed by atoms with Gasteiger partial charge < -0.3 is 0 Å². The molecular formula is C9H6BrF3. The van der Waals surface area contributed by atoms with Crippen molar-refractivity contribution < 1.29 is 13.2 Å². The van der Waals surface area contributed by atoms with Crippen LogP contribution in [0.2, 0.25) is 0 Å². The second-order valence-electron chi connectivity index (χ2n) is 2.43. The Kier molecular flexibility index (Phi) is 3.14. The van der Waals surface area contributed by atoms with Gasteiger partial charge in [0.15, 0.2) is 0 Å². The molecule has 1 rings (SSSR count). The second-order valence-corrected chi connectivity index (χ2v) is 3.34. The maximum Gasteiger partial charge on any atom is 0.409 e. The van der Waals surface area contributed by atoms with Crippen molar-refractivity contribution in [2.45, 2.75) is 6.18 Å². The van der Waals surface area contributed by atoms with Crippen molar-refractivity contribution in [1.29, 1.82) is 0 Å². The monoisotopic (exact) mass is 250 g/mol. The molecule has 0 saturated carbocycles. The summed E-state index contributed by atoms with van der Waals surface area (Å²) in [6.45, 7) is 0. The van der Waals surface area contributed by atoms with E-state index in [0.29, 0.717) is 5.56 Å².